The number of hydrogen-bond donors (Lipinski definition) is 1. The highest BCUT2D eigenvalue weighted by molar-refractivity contribution is 6.33. The van der Waals surface area contributed by atoms with E-state index in [0.717, 1.165) is 31.0 Å². The number of benzene rings is 1. The highest BCUT2D eigenvalue weighted by Crippen LogP contribution is 2.37. The fraction of sp³-hybridized carbons (Fsp3) is 0.647. The fourth-order valence-electron chi connectivity index (χ4n) is 3.12. The molecule has 2 N–H and O–H groups in total. The molecular formula is C17H27ClN2. The summed E-state index contributed by atoms with van der Waals surface area (Å²) in [5, 5.41) is 0.864. The lowest BCUT2D eigenvalue weighted by atomic mass is 9.83. The Morgan fingerprint density at radius 1 is 1.40 bits per heavy atom. The van der Waals surface area contributed by atoms with Gasteiger partial charge in [-0.05, 0) is 42.7 Å². The van der Waals surface area contributed by atoms with Gasteiger partial charge in [0.1, 0.15) is 0 Å². The third-order valence-corrected chi connectivity index (χ3v) is 4.60. The Morgan fingerprint density at radius 3 is 2.80 bits per heavy atom. The van der Waals surface area contributed by atoms with Gasteiger partial charge in [0, 0.05) is 19.1 Å². The second kappa shape index (κ2) is 6.36. The molecule has 1 heterocycles. The van der Waals surface area contributed by atoms with E-state index in [0.29, 0.717) is 5.41 Å². The smallest absolute Gasteiger partial charge is 0.0642 e. The minimum atomic E-state index is 0.213. The highest BCUT2D eigenvalue weighted by Gasteiger charge is 2.28. The Hall–Kier alpha value is -0.730. The summed E-state index contributed by atoms with van der Waals surface area (Å²) in [6.45, 7) is 8.99. The minimum Gasteiger partial charge on any atom is -0.370 e. The van der Waals surface area contributed by atoms with Gasteiger partial charge in [-0.25, -0.2) is 0 Å². The minimum absolute atomic E-state index is 0.213. The average molecular weight is 295 g/mol. The van der Waals surface area contributed by atoms with E-state index in [9.17, 15) is 0 Å². The Morgan fingerprint density at radius 2 is 2.15 bits per heavy atom. The van der Waals surface area contributed by atoms with E-state index >= 15 is 0 Å². The molecule has 0 bridgehead atoms. The predicted octanol–water partition coefficient (Wildman–Crippen LogP) is 4.25. The molecule has 2 rings (SSSR count). The molecule has 0 radical (unpaired) electrons. The molecule has 1 aliphatic rings. The quantitative estimate of drug-likeness (QED) is 0.899. The second-order valence-corrected chi connectivity index (χ2v) is 7.22. The zero-order valence-corrected chi connectivity index (χ0v) is 13.7. The van der Waals surface area contributed by atoms with E-state index in [1.54, 1.807) is 0 Å². The van der Waals surface area contributed by atoms with Gasteiger partial charge in [0.05, 0.1) is 10.7 Å². The van der Waals surface area contributed by atoms with Crippen LogP contribution in [0.1, 0.15) is 45.6 Å². The molecule has 20 heavy (non-hydrogen) atoms. The predicted molar refractivity (Wildman–Crippen MR) is 88.7 cm³/mol. The Balaban J connectivity index is 2.29. The van der Waals surface area contributed by atoms with Crippen LogP contribution < -0.4 is 10.6 Å². The van der Waals surface area contributed by atoms with Gasteiger partial charge in [0.25, 0.3) is 0 Å². The molecule has 2 nitrogen and oxygen atoms in total. The third-order valence-electron chi connectivity index (χ3n) is 4.29. The molecule has 0 saturated carbocycles. The first kappa shape index (κ1) is 15.7. The van der Waals surface area contributed by atoms with E-state index in [1.165, 1.54) is 24.1 Å². The summed E-state index contributed by atoms with van der Waals surface area (Å²) >= 11 is 6.50. The van der Waals surface area contributed by atoms with Crippen LogP contribution in [0, 0.1) is 5.41 Å². The summed E-state index contributed by atoms with van der Waals surface area (Å²) in [5.41, 5.74) is 9.02. The van der Waals surface area contributed by atoms with Gasteiger partial charge in [-0.3, -0.25) is 0 Å². The lowest BCUT2D eigenvalue weighted by Gasteiger charge is -2.40. The van der Waals surface area contributed by atoms with Gasteiger partial charge in [-0.15, -0.1) is 0 Å². The normalized spacial score (nSPS) is 19.9. The van der Waals surface area contributed by atoms with E-state index in [1.807, 2.05) is 12.1 Å². The molecule has 1 aliphatic heterocycles. The van der Waals surface area contributed by atoms with Crippen molar-refractivity contribution in [3.05, 3.63) is 28.8 Å². The largest absolute Gasteiger partial charge is 0.370 e. The van der Waals surface area contributed by atoms with Crippen LogP contribution in [-0.4, -0.2) is 19.1 Å². The van der Waals surface area contributed by atoms with E-state index in [2.05, 4.69) is 31.7 Å². The van der Waals surface area contributed by atoms with Crippen LogP contribution in [0.2, 0.25) is 5.02 Å². The number of nitrogens with zero attached hydrogens (tertiary/aromatic N) is 1. The van der Waals surface area contributed by atoms with Crippen molar-refractivity contribution < 1.29 is 0 Å². The molecule has 1 aromatic carbocycles. The number of hydrogen-bond acceptors (Lipinski definition) is 2. The maximum Gasteiger partial charge on any atom is 0.0642 e. The van der Waals surface area contributed by atoms with Gasteiger partial charge in [0.2, 0.25) is 0 Å². The Bertz CT molecular complexity index is 456. The Labute approximate surface area is 128 Å². The van der Waals surface area contributed by atoms with Crippen LogP contribution in [0.15, 0.2) is 18.2 Å². The number of anilines is 1. The molecule has 112 valence electrons. The maximum absolute atomic E-state index is 6.50. The zero-order chi connectivity index (χ0) is 14.8. The van der Waals surface area contributed by atoms with Crippen molar-refractivity contribution in [2.75, 3.05) is 18.0 Å². The molecule has 1 aromatic rings. The lowest BCUT2D eigenvalue weighted by Crippen LogP contribution is -2.41. The maximum atomic E-state index is 6.50. The molecule has 0 spiro atoms. The van der Waals surface area contributed by atoms with Gasteiger partial charge in [-0.1, -0.05) is 44.5 Å². The summed E-state index contributed by atoms with van der Waals surface area (Å²) in [6, 6.07) is 6.43. The Kier molecular flexibility index (Phi) is 4.98. The topological polar surface area (TPSA) is 29.3 Å². The molecule has 1 atom stereocenters. The SMILES string of the molecule is CCC(N)Cc1cccc(Cl)c1N1CCCC(C)(C)C1. The monoisotopic (exact) mass is 294 g/mol. The van der Waals surface area contributed by atoms with Crippen molar-refractivity contribution in [3.63, 3.8) is 0 Å². The van der Waals surface area contributed by atoms with E-state index < -0.39 is 0 Å². The van der Waals surface area contributed by atoms with Crippen LogP contribution >= 0.6 is 11.6 Å². The average Bonchev–Trinajstić information content (AvgIpc) is 2.37. The number of halogens is 1. The molecule has 0 aliphatic carbocycles. The molecule has 1 fully saturated rings. The van der Waals surface area contributed by atoms with Crippen LogP contribution in [0.3, 0.4) is 0 Å². The standard InChI is InChI=1S/C17H27ClN2/c1-4-14(19)11-13-7-5-8-15(18)16(13)20-10-6-9-17(2,3)12-20/h5,7-8,14H,4,6,9-12,19H2,1-3H3. The molecule has 3 heteroatoms. The third kappa shape index (κ3) is 3.67. The molecule has 0 aromatic heterocycles. The van der Waals surface area contributed by atoms with E-state index in [-0.39, 0.29) is 6.04 Å². The second-order valence-electron chi connectivity index (χ2n) is 6.81. The van der Waals surface area contributed by atoms with Gasteiger partial charge in [0.15, 0.2) is 0 Å². The van der Waals surface area contributed by atoms with Crippen molar-refractivity contribution >= 4 is 17.3 Å². The number of nitrogens with two attached hydrogens (primary N) is 1. The summed E-state index contributed by atoms with van der Waals surface area (Å²) in [6.07, 6.45) is 4.43. The van der Waals surface area contributed by atoms with Crippen molar-refractivity contribution in [1.82, 2.24) is 0 Å². The van der Waals surface area contributed by atoms with Crippen LogP contribution in [-0.2, 0) is 6.42 Å². The molecule has 0 amide bonds. The highest BCUT2D eigenvalue weighted by atomic mass is 35.5. The van der Waals surface area contributed by atoms with Crippen molar-refractivity contribution in [3.8, 4) is 0 Å². The summed E-state index contributed by atoms with van der Waals surface area (Å²) in [5.74, 6) is 0. The number of para-hydroxylation sites is 1. The zero-order valence-electron chi connectivity index (χ0n) is 13.0. The van der Waals surface area contributed by atoms with Gasteiger partial charge >= 0.3 is 0 Å². The van der Waals surface area contributed by atoms with Gasteiger partial charge in [-0.2, -0.15) is 0 Å². The fourth-order valence-corrected chi connectivity index (χ4v) is 3.43. The first-order valence-electron chi connectivity index (χ1n) is 7.71. The number of rotatable bonds is 4. The molecule has 1 unspecified atom stereocenters. The number of piperidine rings is 1. The molecule has 1 saturated heterocycles. The van der Waals surface area contributed by atoms with Crippen LogP contribution in [0.5, 0.6) is 0 Å². The van der Waals surface area contributed by atoms with Crippen molar-refractivity contribution in [2.45, 2.75) is 52.5 Å². The van der Waals surface area contributed by atoms with Gasteiger partial charge < -0.3 is 10.6 Å². The molecular weight excluding hydrogens is 268 g/mol. The van der Waals surface area contributed by atoms with E-state index in [4.69, 9.17) is 17.3 Å². The van der Waals surface area contributed by atoms with Crippen LogP contribution in [0.25, 0.3) is 0 Å². The first-order valence-corrected chi connectivity index (χ1v) is 8.08. The summed E-state index contributed by atoms with van der Waals surface area (Å²) in [4.78, 5) is 2.46. The van der Waals surface area contributed by atoms with Crippen LogP contribution in [0.4, 0.5) is 5.69 Å². The van der Waals surface area contributed by atoms with Crippen molar-refractivity contribution in [2.24, 2.45) is 11.1 Å². The lowest BCUT2D eigenvalue weighted by molar-refractivity contribution is 0.293. The summed E-state index contributed by atoms with van der Waals surface area (Å²) in [7, 11) is 0. The first-order chi connectivity index (χ1) is 9.43. The van der Waals surface area contributed by atoms with Crippen molar-refractivity contribution in [1.29, 1.82) is 0 Å². The summed E-state index contributed by atoms with van der Waals surface area (Å²) < 4.78 is 0.